The summed E-state index contributed by atoms with van der Waals surface area (Å²) in [6, 6.07) is 23.2. The van der Waals surface area contributed by atoms with Crippen LogP contribution in [0.5, 0.6) is 5.75 Å². The normalized spacial score (nSPS) is 11.8. The number of hydroxylamine groups is 1. The van der Waals surface area contributed by atoms with Gasteiger partial charge in [-0.2, -0.15) is 0 Å². The molecule has 0 heterocycles. The number of nitrogens with zero attached hydrogens (tertiary/aromatic N) is 1. The van der Waals surface area contributed by atoms with Gasteiger partial charge >= 0.3 is 7.59 Å². The van der Waals surface area contributed by atoms with Crippen molar-refractivity contribution in [2.45, 2.75) is 6.61 Å². The number of para-hydroxylation sites is 1. The average molecular weight is 371 g/mol. The third-order valence-electron chi connectivity index (χ3n) is 3.87. The number of benzene rings is 3. The van der Waals surface area contributed by atoms with E-state index in [1.165, 1.54) is 0 Å². The Balaban J connectivity index is 1.59. The molecule has 0 fully saturated rings. The highest BCUT2D eigenvalue weighted by molar-refractivity contribution is 7.56. The van der Waals surface area contributed by atoms with Crippen LogP contribution in [0.25, 0.3) is 10.8 Å². The highest BCUT2D eigenvalue weighted by Crippen LogP contribution is 2.32. The first kappa shape index (κ1) is 18.6. The maximum atomic E-state index is 12.1. The second-order valence-corrected chi connectivity index (χ2v) is 7.63. The van der Waals surface area contributed by atoms with E-state index in [1.807, 2.05) is 42.5 Å². The Kier molecular flexibility index (Phi) is 6.04. The van der Waals surface area contributed by atoms with Crippen molar-refractivity contribution < 1.29 is 14.1 Å². The molecular weight excluding hydrogens is 349 g/mol. The van der Waals surface area contributed by atoms with E-state index < -0.39 is 7.59 Å². The zero-order valence-electron chi connectivity index (χ0n) is 14.3. The minimum atomic E-state index is -3.56. The average Bonchev–Trinajstić information content (AvgIpc) is 2.64. The van der Waals surface area contributed by atoms with Crippen molar-refractivity contribution in [1.82, 2.24) is 4.83 Å². The van der Waals surface area contributed by atoms with Gasteiger partial charge in [-0.05, 0) is 28.5 Å². The van der Waals surface area contributed by atoms with Crippen molar-refractivity contribution in [1.29, 1.82) is 0 Å². The second-order valence-electron chi connectivity index (χ2n) is 5.84. The summed E-state index contributed by atoms with van der Waals surface area (Å²) in [6.45, 7) is 0.887. The third-order valence-corrected chi connectivity index (χ3v) is 4.85. The molecule has 0 bridgehead atoms. The molecular formula is C19H22N3O3P. The molecule has 0 aliphatic rings. The Morgan fingerprint density at radius 2 is 1.58 bits per heavy atom. The molecule has 7 heteroatoms. The predicted molar refractivity (Wildman–Crippen MR) is 103 cm³/mol. The van der Waals surface area contributed by atoms with E-state index >= 15 is 0 Å². The maximum Gasteiger partial charge on any atom is 0.308 e. The lowest BCUT2D eigenvalue weighted by atomic mass is 10.1. The van der Waals surface area contributed by atoms with Crippen LogP contribution in [-0.4, -0.2) is 18.0 Å². The van der Waals surface area contributed by atoms with Gasteiger partial charge in [-0.1, -0.05) is 65.5 Å². The molecule has 0 amide bonds. The van der Waals surface area contributed by atoms with Gasteiger partial charge in [0, 0.05) is 0 Å². The molecule has 0 atom stereocenters. The fourth-order valence-electron chi connectivity index (χ4n) is 2.61. The van der Waals surface area contributed by atoms with Crippen molar-refractivity contribution in [3.05, 3.63) is 78.4 Å². The van der Waals surface area contributed by atoms with Crippen LogP contribution in [0, 0.1) is 0 Å². The lowest BCUT2D eigenvalue weighted by Crippen LogP contribution is -2.34. The molecule has 0 aliphatic carbocycles. The van der Waals surface area contributed by atoms with Gasteiger partial charge in [0.05, 0.1) is 19.8 Å². The number of ether oxygens (including phenoxy) is 1. The zero-order chi connectivity index (χ0) is 18.4. The molecule has 136 valence electrons. The van der Waals surface area contributed by atoms with Crippen LogP contribution in [-0.2, 0) is 15.9 Å². The van der Waals surface area contributed by atoms with Gasteiger partial charge in [0.2, 0.25) is 0 Å². The molecule has 3 aromatic carbocycles. The van der Waals surface area contributed by atoms with Crippen molar-refractivity contribution in [3.63, 3.8) is 0 Å². The van der Waals surface area contributed by atoms with E-state index in [4.69, 9.17) is 20.6 Å². The Labute approximate surface area is 152 Å². The largest absolute Gasteiger partial charge is 0.397 e. The molecule has 26 heavy (non-hydrogen) atoms. The summed E-state index contributed by atoms with van der Waals surface area (Å²) in [6.07, 6.45) is 0. The van der Waals surface area contributed by atoms with Crippen LogP contribution in [0.15, 0.2) is 72.8 Å². The molecule has 6 nitrogen and oxygen atoms in total. The lowest BCUT2D eigenvalue weighted by Gasteiger charge is -2.24. The molecule has 0 aliphatic heterocycles. The monoisotopic (exact) mass is 371 g/mol. The minimum absolute atomic E-state index is 0.184. The van der Waals surface area contributed by atoms with Crippen LogP contribution < -0.4 is 15.8 Å². The van der Waals surface area contributed by atoms with Gasteiger partial charge < -0.3 is 9.57 Å². The standard InChI is InChI=1S/C19H22N3O3P/c20-26(21,23)22(25-18-10-2-1-3-11-18)13-14-24-15-17-9-6-8-16-7-4-5-12-19(16)17/h1-12H,13-15H2,(H4,20,21,23). The van der Waals surface area contributed by atoms with Crippen LogP contribution in [0.2, 0.25) is 0 Å². The first-order chi connectivity index (χ1) is 12.5. The van der Waals surface area contributed by atoms with E-state index in [2.05, 4.69) is 18.2 Å². The lowest BCUT2D eigenvalue weighted by molar-refractivity contribution is -0.000255. The van der Waals surface area contributed by atoms with E-state index in [-0.39, 0.29) is 13.2 Å². The predicted octanol–water partition coefficient (Wildman–Crippen LogP) is 3.68. The van der Waals surface area contributed by atoms with Gasteiger partial charge in [-0.25, -0.2) is 0 Å². The van der Waals surface area contributed by atoms with Crippen LogP contribution in [0.3, 0.4) is 0 Å². The summed E-state index contributed by atoms with van der Waals surface area (Å²) in [5.41, 5.74) is 12.2. The van der Waals surface area contributed by atoms with Gasteiger partial charge in [0.1, 0.15) is 5.75 Å². The number of rotatable bonds is 8. The number of fused-ring (bicyclic) bond motifs is 1. The molecule has 3 rings (SSSR count). The SMILES string of the molecule is NP(N)(=O)N(CCOCc1cccc2ccccc12)Oc1ccccc1. The van der Waals surface area contributed by atoms with Gasteiger partial charge in [-0.3, -0.25) is 15.6 Å². The molecule has 0 saturated carbocycles. The van der Waals surface area contributed by atoms with Crippen LogP contribution in [0.1, 0.15) is 5.56 Å². The molecule has 0 aromatic heterocycles. The van der Waals surface area contributed by atoms with Gasteiger partial charge in [0.25, 0.3) is 0 Å². The Morgan fingerprint density at radius 1 is 0.885 bits per heavy atom. The van der Waals surface area contributed by atoms with Crippen molar-refractivity contribution in [3.8, 4) is 5.75 Å². The summed E-state index contributed by atoms with van der Waals surface area (Å²) < 4.78 is 17.8. The summed E-state index contributed by atoms with van der Waals surface area (Å²) in [5, 5.41) is 2.31. The smallest absolute Gasteiger partial charge is 0.308 e. The molecule has 0 saturated heterocycles. The quantitative estimate of drug-likeness (QED) is 0.357. The fraction of sp³-hybridized carbons (Fsp3) is 0.158. The first-order valence-electron chi connectivity index (χ1n) is 8.26. The number of nitrogens with two attached hydrogens (primary N) is 2. The van der Waals surface area contributed by atoms with Gasteiger partial charge in [0.15, 0.2) is 0 Å². The molecule has 4 N–H and O–H groups in total. The third kappa shape index (κ3) is 4.91. The van der Waals surface area contributed by atoms with Gasteiger partial charge in [-0.15, -0.1) is 0 Å². The van der Waals surface area contributed by atoms with E-state index in [1.54, 1.807) is 12.1 Å². The minimum Gasteiger partial charge on any atom is -0.397 e. The second kappa shape index (κ2) is 8.45. The Bertz CT molecular complexity index is 893. The first-order valence-corrected chi connectivity index (χ1v) is 10.1. The summed E-state index contributed by atoms with van der Waals surface area (Å²) in [7, 11) is -3.56. The number of hydrogen-bond donors (Lipinski definition) is 2. The van der Waals surface area contributed by atoms with Crippen molar-refractivity contribution in [2.24, 2.45) is 11.0 Å². The highest BCUT2D eigenvalue weighted by Gasteiger charge is 2.23. The van der Waals surface area contributed by atoms with Crippen molar-refractivity contribution >= 4 is 18.4 Å². The van der Waals surface area contributed by atoms with E-state index in [0.29, 0.717) is 12.4 Å². The van der Waals surface area contributed by atoms with E-state index in [9.17, 15) is 4.57 Å². The Hall–Kier alpha value is -2.21. The van der Waals surface area contributed by atoms with Crippen molar-refractivity contribution in [2.75, 3.05) is 13.2 Å². The number of hydrogen-bond acceptors (Lipinski definition) is 3. The fourth-order valence-corrected chi connectivity index (χ4v) is 3.23. The Morgan fingerprint density at radius 3 is 2.35 bits per heavy atom. The maximum absolute atomic E-state index is 12.1. The highest BCUT2D eigenvalue weighted by atomic mass is 31.2. The topological polar surface area (TPSA) is 90.8 Å². The summed E-state index contributed by atoms with van der Waals surface area (Å²) in [5.74, 6) is 0.512. The van der Waals surface area contributed by atoms with Crippen LogP contribution >= 0.6 is 7.59 Å². The zero-order valence-corrected chi connectivity index (χ0v) is 15.2. The van der Waals surface area contributed by atoms with Crippen LogP contribution in [0.4, 0.5) is 0 Å². The summed E-state index contributed by atoms with van der Waals surface area (Å²) >= 11 is 0. The molecule has 0 spiro atoms. The van der Waals surface area contributed by atoms with E-state index in [0.717, 1.165) is 21.2 Å². The summed E-state index contributed by atoms with van der Waals surface area (Å²) in [4.78, 5) is 6.63. The molecule has 3 aromatic rings. The molecule has 0 unspecified atom stereocenters. The molecule has 0 radical (unpaired) electrons.